The second-order valence-electron chi connectivity index (χ2n) is 8.58. The number of carbonyl (C=O) groups is 1. The molecule has 0 unspecified atom stereocenters. The van der Waals surface area contributed by atoms with Crippen molar-refractivity contribution in [2.24, 2.45) is 0 Å². The minimum absolute atomic E-state index is 0.0556. The number of benzene rings is 3. The van der Waals surface area contributed by atoms with E-state index in [1.54, 1.807) is 12.1 Å². The molecule has 6 rings (SSSR count). The van der Waals surface area contributed by atoms with Gasteiger partial charge in [-0.1, -0.05) is 72.4 Å². The fraction of sp³-hybridized carbons (Fsp3) is 0.185. The summed E-state index contributed by atoms with van der Waals surface area (Å²) in [5.74, 6) is 0.0342. The first-order valence-electron chi connectivity index (χ1n) is 11.5. The molecule has 0 saturated carbocycles. The maximum Gasteiger partial charge on any atom is 0.233 e. The molecule has 1 amide bonds. The number of hydrogen-bond donors (Lipinski definition) is 0. The minimum Gasteiger partial charge on any atom is -0.337 e. The first-order valence-corrected chi connectivity index (χ1v) is 12.5. The van der Waals surface area contributed by atoms with Crippen molar-refractivity contribution < 1.29 is 9.18 Å². The lowest BCUT2D eigenvalue weighted by Crippen LogP contribution is -2.37. The third-order valence-corrected chi connectivity index (χ3v) is 7.27. The van der Waals surface area contributed by atoms with Crippen molar-refractivity contribution >= 4 is 39.7 Å². The summed E-state index contributed by atoms with van der Waals surface area (Å²) in [4.78, 5) is 19.5. The Morgan fingerprint density at radius 3 is 2.60 bits per heavy atom. The molecule has 0 spiro atoms. The van der Waals surface area contributed by atoms with Crippen LogP contribution < -0.4 is 0 Å². The van der Waals surface area contributed by atoms with Gasteiger partial charge in [0.15, 0.2) is 5.65 Å². The lowest BCUT2D eigenvalue weighted by Gasteiger charge is -2.28. The van der Waals surface area contributed by atoms with E-state index in [4.69, 9.17) is 4.98 Å². The van der Waals surface area contributed by atoms with E-state index >= 15 is 0 Å². The number of carbonyl (C=O) groups excluding carboxylic acids is 1. The van der Waals surface area contributed by atoms with E-state index in [-0.39, 0.29) is 17.5 Å². The summed E-state index contributed by atoms with van der Waals surface area (Å²) in [5, 5.41) is 10.1. The summed E-state index contributed by atoms with van der Waals surface area (Å²) in [6.45, 7) is 1.67. The zero-order valence-corrected chi connectivity index (χ0v) is 19.7. The molecule has 0 N–H and O–H groups in total. The Balaban J connectivity index is 1.27. The molecule has 174 valence electrons. The molecular weight excluding hydrogens is 461 g/mol. The smallest absolute Gasteiger partial charge is 0.233 e. The zero-order valence-electron chi connectivity index (χ0n) is 18.9. The first kappa shape index (κ1) is 21.7. The Morgan fingerprint density at radius 2 is 1.71 bits per heavy atom. The monoisotopic (exact) mass is 483 g/mol. The number of nitrogens with zero attached hydrogens (tertiary/aromatic N) is 5. The number of aromatic nitrogens is 4. The third-order valence-electron chi connectivity index (χ3n) is 6.45. The van der Waals surface area contributed by atoms with Gasteiger partial charge in [-0.25, -0.2) is 9.37 Å². The topological polar surface area (TPSA) is 63.9 Å². The van der Waals surface area contributed by atoms with Crippen LogP contribution >= 0.6 is 11.8 Å². The van der Waals surface area contributed by atoms with Crippen molar-refractivity contribution in [1.82, 2.24) is 24.6 Å². The quantitative estimate of drug-likeness (QED) is 0.335. The highest BCUT2D eigenvalue weighted by molar-refractivity contribution is 7.99. The highest BCUT2D eigenvalue weighted by Crippen LogP contribution is 2.28. The summed E-state index contributed by atoms with van der Waals surface area (Å²) in [7, 11) is 0. The average Bonchev–Trinajstić information content (AvgIpc) is 3.21. The van der Waals surface area contributed by atoms with Crippen molar-refractivity contribution in [3.8, 4) is 0 Å². The van der Waals surface area contributed by atoms with Crippen molar-refractivity contribution in [3.05, 3.63) is 95.3 Å². The Labute approximate surface area is 205 Å². The molecule has 6 nitrogen and oxygen atoms in total. The Bertz CT molecular complexity index is 1570. The van der Waals surface area contributed by atoms with Crippen molar-refractivity contribution in [3.63, 3.8) is 0 Å². The van der Waals surface area contributed by atoms with Crippen LogP contribution in [0.25, 0.3) is 22.1 Å². The molecule has 3 heterocycles. The van der Waals surface area contributed by atoms with Gasteiger partial charge in [0.05, 0.1) is 17.8 Å². The second kappa shape index (κ2) is 9.11. The molecule has 3 aromatic carbocycles. The molecule has 8 heteroatoms. The minimum atomic E-state index is -0.260. The van der Waals surface area contributed by atoms with Gasteiger partial charge < -0.3 is 9.47 Å². The van der Waals surface area contributed by atoms with Crippen LogP contribution in [0.15, 0.2) is 78.0 Å². The molecule has 0 radical (unpaired) electrons. The number of thioether (sulfide) groups is 1. The summed E-state index contributed by atoms with van der Waals surface area (Å²) in [6, 6.07) is 22.8. The maximum atomic E-state index is 14.4. The van der Waals surface area contributed by atoms with Gasteiger partial charge in [-0.05, 0) is 29.7 Å². The van der Waals surface area contributed by atoms with Crippen molar-refractivity contribution in [2.45, 2.75) is 24.7 Å². The number of fused-ring (bicyclic) bond motifs is 4. The van der Waals surface area contributed by atoms with E-state index in [1.807, 2.05) is 51.9 Å². The number of halogens is 1. The molecule has 5 aromatic rings. The van der Waals surface area contributed by atoms with Gasteiger partial charge in [-0.3, -0.25) is 4.79 Å². The molecule has 0 atom stereocenters. The van der Waals surface area contributed by atoms with Crippen LogP contribution in [0.5, 0.6) is 0 Å². The number of hydrogen-bond acceptors (Lipinski definition) is 5. The molecule has 1 aliphatic rings. The number of amides is 1. The normalized spacial score (nSPS) is 13.3. The highest BCUT2D eigenvalue weighted by atomic mass is 32.2. The SMILES string of the molecule is O=C(CSc1nnc2c3ccccc3n(Cc3ccccc3F)c2n1)N1CCc2ccccc2C1. The van der Waals surface area contributed by atoms with Gasteiger partial charge in [-0.15, -0.1) is 10.2 Å². The van der Waals surface area contributed by atoms with Crippen LogP contribution in [-0.4, -0.2) is 42.9 Å². The fourth-order valence-electron chi connectivity index (χ4n) is 4.63. The van der Waals surface area contributed by atoms with Gasteiger partial charge in [0.25, 0.3) is 0 Å². The number of para-hydroxylation sites is 1. The Hall–Kier alpha value is -3.78. The predicted molar refractivity (Wildman–Crippen MR) is 135 cm³/mol. The van der Waals surface area contributed by atoms with Gasteiger partial charge >= 0.3 is 0 Å². The molecule has 0 aliphatic carbocycles. The lowest BCUT2D eigenvalue weighted by atomic mass is 10.00. The van der Waals surface area contributed by atoms with E-state index in [2.05, 4.69) is 22.3 Å². The van der Waals surface area contributed by atoms with Gasteiger partial charge in [0.2, 0.25) is 11.1 Å². The number of rotatable bonds is 5. The van der Waals surface area contributed by atoms with Crippen LogP contribution in [0.1, 0.15) is 16.7 Å². The van der Waals surface area contributed by atoms with Crippen LogP contribution in [0.3, 0.4) is 0 Å². The third kappa shape index (κ3) is 4.14. The zero-order chi connectivity index (χ0) is 23.8. The second-order valence-corrected chi connectivity index (χ2v) is 9.53. The molecule has 0 fully saturated rings. The summed E-state index contributed by atoms with van der Waals surface area (Å²) in [6.07, 6.45) is 0.868. The van der Waals surface area contributed by atoms with E-state index < -0.39 is 0 Å². The highest BCUT2D eigenvalue weighted by Gasteiger charge is 2.21. The van der Waals surface area contributed by atoms with Gasteiger partial charge in [-0.2, -0.15) is 0 Å². The van der Waals surface area contributed by atoms with E-state index in [0.29, 0.717) is 41.5 Å². The summed E-state index contributed by atoms with van der Waals surface area (Å²) < 4.78 is 16.4. The Kier molecular flexibility index (Phi) is 5.66. The van der Waals surface area contributed by atoms with E-state index in [0.717, 1.165) is 17.3 Å². The van der Waals surface area contributed by atoms with Crippen molar-refractivity contribution in [1.29, 1.82) is 0 Å². The van der Waals surface area contributed by atoms with Crippen LogP contribution in [0.2, 0.25) is 0 Å². The summed E-state index contributed by atoms with van der Waals surface area (Å²) >= 11 is 1.28. The molecule has 0 bridgehead atoms. The molecular formula is C27H22FN5OS. The van der Waals surface area contributed by atoms with Crippen LogP contribution in [-0.2, 0) is 24.3 Å². The van der Waals surface area contributed by atoms with Gasteiger partial charge in [0, 0.05) is 24.0 Å². The first-order chi connectivity index (χ1) is 17.2. The van der Waals surface area contributed by atoms with Crippen LogP contribution in [0.4, 0.5) is 4.39 Å². The van der Waals surface area contributed by atoms with Crippen LogP contribution in [0, 0.1) is 5.82 Å². The summed E-state index contributed by atoms with van der Waals surface area (Å²) in [5.41, 5.74) is 5.30. The van der Waals surface area contributed by atoms with E-state index in [1.165, 1.54) is 29.0 Å². The lowest BCUT2D eigenvalue weighted by molar-refractivity contribution is -0.129. The predicted octanol–water partition coefficient (Wildman–Crippen LogP) is 4.84. The van der Waals surface area contributed by atoms with Crippen molar-refractivity contribution in [2.75, 3.05) is 12.3 Å². The Morgan fingerprint density at radius 1 is 0.943 bits per heavy atom. The molecule has 2 aromatic heterocycles. The molecule has 35 heavy (non-hydrogen) atoms. The molecule has 0 saturated heterocycles. The fourth-order valence-corrected chi connectivity index (χ4v) is 5.32. The average molecular weight is 484 g/mol. The van der Waals surface area contributed by atoms with Gasteiger partial charge in [0.1, 0.15) is 11.3 Å². The molecule has 1 aliphatic heterocycles. The largest absolute Gasteiger partial charge is 0.337 e. The maximum absolute atomic E-state index is 14.4. The standard InChI is InChI=1S/C27H22FN5OS/c28-22-11-5-3-9-20(22)16-33-23-12-6-4-10-21(23)25-26(33)29-27(31-30-25)35-17-24(34)32-14-13-18-7-1-2-8-19(18)15-32/h1-12H,13-17H2. The van der Waals surface area contributed by atoms with E-state index in [9.17, 15) is 9.18 Å².